The summed E-state index contributed by atoms with van der Waals surface area (Å²) in [6.07, 6.45) is 0. The van der Waals surface area contributed by atoms with Gasteiger partial charge in [-0.15, -0.1) is 0 Å². The van der Waals surface area contributed by atoms with Gasteiger partial charge in [0, 0.05) is 38.9 Å². The van der Waals surface area contributed by atoms with Gasteiger partial charge in [-0.3, -0.25) is 0 Å². The normalized spacial score (nSPS) is 12.7. The second kappa shape index (κ2) is 13.9. The van der Waals surface area contributed by atoms with E-state index in [-0.39, 0.29) is 5.41 Å². The second-order valence-electron chi connectivity index (χ2n) is 16.2. The summed E-state index contributed by atoms with van der Waals surface area (Å²) < 4.78 is 2.39. The molecule has 0 atom stereocenters. The van der Waals surface area contributed by atoms with Crippen LogP contribution in [0.4, 0.5) is 17.1 Å². The molecular weight excluding hydrogens is 713 g/mol. The maximum absolute atomic E-state index is 2.42. The monoisotopic (exact) mass is 754 g/mol. The van der Waals surface area contributed by atoms with Crippen LogP contribution in [0, 0.1) is 0 Å². The molecule has 0 fully saturated rings. The Labute approximate surface area is 345 Å². The Morgan fingerprint density at radius 2 is 0.898 bits per heavy atom. The minimum Gasteiger partial charge on any atom is -0.310 e. The molecule has 0 radical (unpaired) electrons. The lowest BCUT2D eigenvalue weighted by Crippen LogP contribution is -2.16. The zero-order chi connectivity index (χ0) is 39.5. The van der Waals surface area contributed by atoms with E-state index in [4.69, 9.17) is 0 Å². The van der Waals surface area contributed by atoms with Gasteiger partial charge in [0.05, 0.1) is 11.0 Å². The predicted octanol–water partition coefficient (Wildman–Crippen LogP) is 15.6. The highest BCUT2D eigenvalue weighted by Gasteiger charge is 2.35. The molecule has 9 aromatic carbocycles. The molecule has 1 heterocycles. The fourth-order valence-corrected chi connectivity index (χ4v) is 9.49. The number of hydrogen-bond acceptors (Lipinski definition) is 1. The Balaban J connectivity index is 1.04. The van der Waals surface area contributed by atoms with E-state index in [2.05, 4.69) is 242 Å². The molecule has 10 aromatic rings. The van der Waals surface area contributed by atoms with E-state index in [1.807, 2.05) is 0 Å². The molecule has 0 saturated heterocycles. The largest absolute Gasteiger partial charge is 0.310 e. The van der Waals surface area contributed by atoms with Crippen LogP contribution in [-0.4, -0.2) is 4.57 Å². The van der Waals surface area contributed by atoms with E-state index in [0.29, 0.717) is 0 Å². The van der Waals surface area contributed by atoms with Crippen molar-refractivity contribution in [3.05, 3.63) is 230 Å². The summed E-state index contributed by atoms with van der Waals surface area (Å²) in [7, 11) is 0. The minimum atomic E-state index is -0.114. The highest BCUT2D eigenvalue weighted by atomic mass is 15.1. The van der Waals surface area contributed by atoms with Gasteiger partial charge >= 0.3 is 0 Å². The maximum atomic E-state index is 2.42. The van der Waals surface area contributed by atoms with Crippen molar-refractivity contribution in [3.63, 3.8) is 0 Å². The molecule has 0 unspecified atom stereocenters. The first-order chi connectivity index (χ1) is 29.0. The summed E-state index contributed by atoms with van der Waals surface area (Å²) >= 11 is 0. The molecule has 1 aliphatic carbocycles. The third-order valence-electron chi connectivity index (χ3n) is 12.4. The topological polar surface area (TPSA) is 8.17 Å². The average molecular weight is 755 g/mol. The molecule has 2 heteroatoms. The van der Waals surface area contributed by atoms with Gasteiger partial charge in [0.1, 0.15) is 0 Å². The van der Waals surface area contributed by atoms with Gasteiger partial charge < -0.3 is 9.47 Å². The Bertz CT molecular complexity index is 3150. The third-order valence-corrected chi connectivity index (χ3v) is 12.4. The average Bonchev–Trinajstić information content (AvgIpc) is 3.76. The number of benzene rings is 9. The predicted molar refractivity (Wildman–Crippen MR) is 249 cm³/mol. The second-order valence-corrected chi connectivity index (χ2v) is 16.2. The molecule has 1 aliphatic rings. The highest BCUT2D eigenvalue weighted by molar-refractivity contribution is 6.15. The van der Waals surface area contributed by atoms with Crippen LogP contribution in [0.5, 0.6) is 0 Å². The number of fused-ring (bicyclic) bond motifs is 6. The summed E-state index contributed by atoms with van der Waals surface area (Å²) in [6.45, 7) is 4.71. The van der Waals surface area contributed by atoms with Crippen molar-refractivity contribution in [2.45, 2.75) is 19.3 Å². The van der Waals surface area contributed by atoms with Crippen LogP contribution in [0.1, 0.15) is 25.0 Å². The van der Waals surface area contributed by atoms with Gasteiger partial charge in [-0.2, -0.15) is 0 Å². The number of para-hydroxylation sites is 2. The fraction of sp³-hybridized carbons (Fsp3) is 0.0526. The van der Waals surface area contributed by atoms with Crippen LogP contribution >= 0.6 is 0 Å². The lowest BCUT2D eigenvalue weighted by atomic mass is 9.82. The highest BCUT2D eigenvalue weighted by Crippen LogP contribution is 2.51. The van der Waals surface area contributed by atoms with E-state index in [1.165, 1.54) is 77.4 Å². The van der Waals surface area contributed by atoms with Crippen molar-refractivity contribution in [1.29, 1.82) is 0 Å². The van der Waals surface area contributed by atoms with Crippen molar-refractivity contribution in [3.8, 4) is 50.2 Å². The molecule has 0 bridgehead atoms. The van der Waals surface area contributed by atoms with Gasteiger partial charge in [0.15, 0.2) is 0 Å². The fourth-order valence-electron chi connectivity index (χ4n) is 9.49. The molecule has 2 nitrogen and oxygen atoms in total. The Kier molecular flexibility index (Phi) is 8.20. The van der Waals surface area contributed by atoms with E-state index in [9.17, 15) is 0 Å². The molecular formula is C57H42N2. The van der Waals surface area contributed by atoms with Crippen molar-refractivity contribution in [2.24, 2.45) is 0 Å². The third kappa shape index (κ3) is 5.79. The quantitative estimate of drug-likeness (QED) is 0.157. The maximum Gasteiger partial charge on any atom is 0.0547 e. The van der Waals surface area contributed by atoms with E-state index in [0.717, 1.165) is 22.7 Å². The first-order valence-electron chi connectivity index (χ1n) is 20.5. The van der Waals surface area contributed by atoms with Crippen LogP contribution in [-0.2, 0) is 5.41 Å². The van der Waals surface area contributed by atoms with Gasteiger partial charge in [0.2, 0.25) is 0 Å². The molecule has 11 rings (SSSR count). The van der Waals surface area contributed by atoms with E-state index in [1.54, 1.807) is 0 Å². The SMILES string of the molecule is CC1(C)c2ccccc2-c2ccc(N(c3ccc(-c4cccc5c4c4ccccc4n5-c4ccccc4)cc3)c3cccc(-c4ccc(-c5ccccc5)cc4)c3)cc21. The van der Waals surface area contributed by atoms with Crippen molar-refractivity contribution < 1.29 is 0 Å². The molecule has 0 N–H and O–H groups in total. The summed E-state index contributed by atoms with van der Waals surface area (Å²) in [5.74, 6) is 0. The van der Waals surface area contributed by atoms with Crippen LogP contribution in [0.15, 0.2) is 218 Å². The molecule has 0 aliphatic heterocycles. The van der Waals surface area contributed by atoms with E-state index >= 15 is 0 Å². The Morgan fingerprint density at radius 3 is 1.69 bits per heavy atom. The number of aromatic nitrogens is 1. The first kappa shape index (κ1) is 34.8. The number of hydrogen-bond donors (Lipinski definition) is 0. The van der Waals surface area contributed by atoms with Crippen molar-refractivity contribution >= 4 is 38.9 Å². The van der Waals surface area contributed by atoms with Gasteiger partial charge in [-0.05, 0) is 116 Å². The number of rotatable bonds is 7. The lowest BCUT2D eigenvalue weighted by molar-refractivity contribution is 0.660. The van der Waals surface area contributed by atoms with Crippen LogP contribution < -0.4 is 4.90 Å². The standard InChI is InChI=1S/C57H42N2/c1-57(2)52-24-11-9-21-49(52)50-36-35-47(38-53(50)57)58(46-20-13-17-43(37-46)41-29-27-40(28-30-41)39-15-5-3-6-16-39)45-33-31-42(32-34-45)48-23-14-26-55-56(48)51-22-10-12-25-54(51)59(55)44-18-7-4-8-19-44/h3-38H,1-2H3. The molecule has 280 valence electrons. The van der Waals surface area contributed by atoms with Gasteiger partial charge in [0.25, 0.3) is 0 Å². The summed E-state index contributed by atoms with van der Waals surface area (Å²) in [5.41, 5.74) is 19.4. The first-order valence-corrected chi connectivity index (χ1v) is 20.5. The van der Waals surface area contributed by atoms with Gasteiger partial charge in [-0.1, -0.05) is 172 Å². The molecule has 0 spiro atoms. The van der Waals surface area contributed by atoms with Crippen LogP contribution in [0.3, 0.4) is 0 Å². The minimum absolute atomic E-state index is 0.114. The summed E-state index contributed by atoms with van der Waals surface area (Å²) in [4.78, 5) is 2.42. The van der Waals surface area contributed by atoms with Crippen LogP contribution in [0.2, 0.25) is 0 Å². The molecule has 0 amide bonds. The molecule has 59 heavy (non-hydrogen) atoms. The molecule has 0 saturated carbocycles. The van der Waals surface area contributed by atoms with Crippen molar-refractivity contribution in [2.75, 3.05) is 4.90 Å². The van der Waals surface area contributed by atoms with Gasteiger partial charge in [-0.25, -0.2) is 0 Å². The van der Waals surface area contributed by atoms with Crippen molar-refractivity contribution in [1.82, 2.24) is 4.57 Å². The van der Waals surface area contributed by atoms with Crippen LogP contribution in [0.25, 0.3) is 72.0 Å². The zero-order valence-corrected chi connectivity index (χ0v) is 33.2. The Hall–Kier alpha value is -7.42. The Morgan fingerprint density at radius 1 is 0.356 bits per heavy atom. The number of anilines is 3. The summed E-state index contributed by atoms with van der Waals surface area (Å²) in [6, 6.07) is 79.8. The smallest absolute Gasteiger partial charge is 0.0547 e. The van der Waals surface area contributed by atoms with E-state index < -0.39 is 0 Å². The zero-order valence-electron chi connectivity index (χ0n) is 33.2. The molecule has 1 aromatic heterocycles. The lowest BCUT2D eigenvalue weighted by Gasteiger charge is -2.28. The summed E-state index contributed by atoms with van der Waals surface area (Å²) in [5, 5.41) is 2.52. The number of nitrogens with zero attached hydrogens (tertiary/aromatic N) is 2.